The van der Waals surface area contributed by atoms with Crippen molar-refractivity contribution in [2.75, 3.05) is 12.4 Å². The monoisotopic (exact) mass is 221 g/mol. The van der Waals surface area contributed by atoms with Crippen molar-refractivity contribution in [2.24, 2.45) is 0 Å². The van der Waals surface area contributed by atoms with Gasteiger partial charge in [-0.15, -0.1) is 0 Å². The van der Waals surface area contributed by atoms with E-state index in [4.69, 9.17) is 0 Å². The highest BCUT2D eigenvalue weighted by Crippen LogP contribution is 2.37. The molecule has 0 atom stereocenters. The molecule has 0 heterocycles. The largest absolute Gasteiger partial charge is 0.388 e. The van der Waals surface area contributed by atoms with Crippen LogP contribution in [0.3, 0.4) is 0 Å². The lowest BCUT2D eigenvalue weighted by Gasteiger charge is -2.18. The quantitative estimate of drug-likeness (QED) is 0.824. The second kappa shape index (κ2) is 4.44. The summed E-state index contributed by atoms with van der Waals surface area (Å²) in [6.07, 6.45) is 4.73. The minimum Gasteiger partial charge on any atom is -0.388 e. The number of halogens is 1. The molecule has 0 radical (unpaired) electrons. The lowest BCUT2D eigenvalue weighted by molar-refractivity contribution is 0.594. The molecule has 0 spiro atoms. The topological polar surface area (TPSA) is 12.0 Å². The normalized spacial score (nSPS) is 14.0. The van der Waals surface area contributed by atoms with Crippen LogP contribution < -0.4 is 5.32 Å². The zero-order chi connectivity index (χ0) is 11.7. The van der Waals surface area contributed by atoms with Gasteiger partial charge in [0.25, 0.3) is 0 Å². The Morgan fingerprint density at radius 3 is 2.25 bits per heavy atom. The Hall–Kier alpha value is -1.05. The van der Waals surface area contributed by atoms with E-state index in [1.54, 1.807) is 0 Å². The summed E-state index contributed by atoms with van der Waals surface area (Å²) in [5, 5.41) is 3.28. The fraction of sp³-hybridized carbons (Fsp3) is 0.571. The van der Waals surface area contributed by atoms with E-state index in [1.807, 2.05) is 14.0 Å². The molecule has 2 rings (SSSR count). The maximum absolute atomic E-state index is 14.3. The highest BCUT2D eigenvalue weighted by Gasteiger charge is 2.24. The van der Waals surface area contributed by atoms with E-state index >= 15 is 0 Å². The van der Waals surface area contributed by atoms with E-state index in [0.717, 1.165) is 43.2 Å². The van der Waals surface area contributed by atoms with E-state index in [9.17, 15) is 4.39 Å². The van der Waals surface area contributed by atoms with Gasteiger partial charge in [-0.25, -0.2) is 4.39 Å². The number of hydrogen-bond donors (Lipinski definition) is 1. The summed E-state index contributed by atoms with van der Waals surface area (Å²) in [5.74, 6) is 0.0749. The maximum atomic E-state index is 14.3. The number of benzene rings is 1. The molecule has 1 N–H and O–H groups in total. The van der Waals surface area contributed by atoms with Crippen molar-refractivity contribution in [1.82, 2.24) is 0 Å². The summed E-state index contributed by atoms with van der Waals surface area (Å²) in [7, 11) is 1.95. The van der Waals surface area contributed by atoms with Crippen molar-refractivity contribution in [1.29, 1.82) is 0 Å². The Labute approximate surface area is 97.1 Å². The summed E-state index contributed by atoms with van der Waals surface area (Å²) in [4.78, 5) is 0. The van der Waals surface area contributed by atoms with Crippen molar-refractivity contribution >= 4 is 5.69 Å². The van der Waals surface area contributed by atoms with Gasteiger partial charge >= 0.3 is 0 Å². The minimum absolute atomic E-state index is 0.0749. The van der Waals surface area contributed by atoms with Gasteiger partial charge in [-0.1, -0.05) is 13.8 Å². The molecule has 1 aliphatic rings. The Kier molecular flexibility index (Phi) is 3.17. The number of anilines is 1. The molecule has 0 bridgehead atoms. The Morgan fingerprint density at radius 2 is 1.69 bits per heavy atom. The van der Waals surface area contributed by atoms with Crippen LogP contribution in [0, 0.1) is 5.82 Å². The first-order chi connectivity index (χ1) is 7.74. The standard InChI is InChI=1S/C14H20FN/c1-4-9-10(5-2)14(16-3)12-8-6-7-11(12)13(9)15/h16H,4-8H2,1-3H3. The van der Waals surface area contributed by atoms with Gasteiger partial charge in [0.05, 0.1) is 0 Å². The van der Waals surface area contributed by atoms with Crippen LogP contribution in [0.5, 0.6) is 0 Å². The summed E-state index contributed by atoms with van der Waals surface area (Å²) in [5.41, 5.74) is 5.51. The van der Waals surface area contributed by atoms with Gasteiger partial charge in [-0.3, -0.25) is 0 Å². The minimum atomic E-state index is 0.0749. The summed E-state index contributed by atoms with van der Waals surface area (Å²) in [6.45, 7) is 4.15. The molecule has 1 aliphatic carbocycles. The van der Waals surface area contributed by atoms with Crippen molar-refractivity contribution in [3.63, 3.8) is 0 Å². The van der Waals surface area contributed by atoms with Crippen molar-refractivity contribution < 1.29 is 4.39 Å². The number of rotatable bonds is 3. The van der Waals surface area contributed by atoms with Gasteiger partial charge in [0.2, 0.25) is 0 Å². The molecule has 16 heavy (non-hydrogen) atoms. The van der Waals surface area contributed by atoms with Gasteiger partial charge in [0, 0.05) is 12.7 Å². The molecule has 1 nitrogen and oxygen atoms in total. The van der Waals surface area contributed by atoms with E-state index < -0.39 is 0 Å². The van der Waals surface area contributed by atoms with Crippen LogP contribution in [0.4, 0.5) is 10.1 Å². The van der Waals surface area contributed by atoms with Gasteiger partial charge < -0.3 is 5.32 Å². The van der Waals surface area contributed by atoms with Gasteiger partial charge in [0.15, 0.2) is 0 Å². The Balaban J connectivity index is 2.72. The first kappa shape index (κ1) is 11.4. The van der Waals surface area contributed by atoms with Crippen LogP contribution in [0.1, 0.15) is 42.5 Å². The van der Waals surface area contributed by atoms with Crippen LogP contribution in [0.25, 0.3) is 0 Å². The molecular weight excluding hydrogens is 201 g/mol. The zero-order valence-electron chi connectivity index (χ0n) is 10.4. The van der Waals surface area contributed by atoms with Crippen LogP contribution in [-0.2, 0) is 25.7 Å². The molecule has 88 valence electrons. The molecule has 0 unspecified atom stereocenters. The molecule has 0 aliphatic heterocycles. The second-order valence-electron chi connectivity index (χ2n) is 4.41. The van der Waals surface area contributed by atoms with E-state index in [2.05, 4.69) is 12.2 Å². The third-order valence-electron chi connectivity index (χ3n) is 3.67. The SMILES string of the molecule is CCc1c(F)c2c(c(NC)c1CC)CCC2. The fourth-order valence-electron chi connectivity index (χ4n) is 2.97. The summed E-state index contributed by atoms with van der Waals surface area (Å²) in [6, 6.07) is 0. The molecule has 0 saturated carbocycles. The molecule has 1 aromatic rings. The van der Waals surface area contributed by atoms with E-state index in [1.165, 1.54) is 16.8 Å². The highest BCUT2D eigenvalue weighted by molar-refractivity contribution is 5.65. The first-order valence-electron chi connectivity index (χ1n) is 6.27. The number of fused-ring (bicyclic) bond motifs is 1. The van der Waals surface area contributed by atoms with Gasteiger partial charge in [-0.2, -0.15) is 0 Å². The maximum Gasteiger partial charge on any atom is 0.130 e. The molecular formula is C14H20FN. The summed E-state index contributed by atoms with van der Waals surface area (Å²) >= 11 is 0. The lowest BCUT2D eigenvalue weighted by Crippen LogP contribution is -2.08. The third-order valence-corrected chi connectivity index (χ3v) is 3.67. The Morgan fingerprint density at radius 1 is 1.06 bits per heavy atom. The van der Waals surface area contributed by atoms with Gasteiger partial charge in [-0.05, 0) is 54.4 Å². The van der Waals surface area contributed by atoms with Crippen LogP contribution in [0.15, 0.2) is 0 Å². The Bertz CT molecular complexity index is 405. The van der Waals surface area contributed by atoms with Crippen molar-refractivity contribution in [3.8, 4) is 0 Å². The van der Waals surface area contributed by atoms with Crippen LogP contribution in [-0.4, -0.2) is 7.05 Å². The average molecular weight is 221 g/mol. The van der Waals surface area contributed by atoms with Crippen LogP contribution in [0.2, 0.25) is 0 Å². The van der Waals surface area contributed by atoms with Gasteiger partial charge in [0.1, 0.15) is 5.82 Å². The second-order valence-corrected chi connectivity index (χ2v) is 4.41. The molecule has 0 amide bonds. The third kappa shape index (κ3) is 1.51. The predicted molar refractivity (Wildman–Crippen MR) is 66.7 cm³/mol. The molecule has 0 aromatic heterocycles. The fourth-order valence-corrected chi connectivity index (χ4v) is 2.97. The van der Waals surface area contributed by atoms with Crippen LogP contribution >= 0.6 is 0 Å². The number of hydrogen-bond acceptors (Lipinski definition) is 1. The first-order valence-corrected chi connectivity index (χ1v) is 6.27. The average Bonchev–Trinajstić information content (AvgIpc) is 2.77. The van der Waals surface area contributed by atoms with Crippen molar-refractivity contribution in [2.45, 2.75) is 46.0 Å². The zero-order valence-corrected chi connectivity index (χ0v) is 10.4. The lowest BCUT2D eigenvalue weighted by atomic mass is 9.93. The number of nitrogens with one attached hydrogen (secondary N) is 1. The molecule has 2 heteroatoms. The molecule has 0 fully saturated rings. The van der Waals surface area contributed by atoms with E-state index in [-0.39, 0.29) is 5.82 Å². The molecule has 0 saturated heterocycles. The molecule has 1 aromatic carbocycles. The summed E-state index contributed by atoms with van der Waals surface area (Å²) < 4.78 is 14.3. The van der Waals surface area contributed by atoms with E-state index in [0.29, 0.717) is 0 Å². The smallest absolute Gasteiger partial charge is 0.130 e. The predicted octanol–water partition coefficient (Wildman–Crippen LogP) is 3.48. The highest BCUT2D eigenvalue weighted by atomic mass is 19.1. The van der Waals surface area contributed by atoms with Crippen molar-refractivity contribution in [3.05, 3.63) is 28.1 Å².